The molecule has 4 aromatic rings. The second-order valence-corrected chi connectivity index (χ2v) is 7.03. The van der Waals surface area contributed by atoms with Crippen LogP contribution in [0.4, 0.5) is 4.39 Å². The fourth-order valence-corrected chi connectivity index (χ4v) is 3.38. The van der Waals surface area contributed by atoms with Crippen molar-refractivity contribution < 1.29 is 9.50 Å². The third kappa shape index (κ3) is 3.98. The van der Waals surface area contributed by atoms with Crippen LogP contribution in [0.1, 0.15) is 11.1 Å². The van der Waals surface area contributed by atoms with Crippen molar-refractivity contribution in [3.63, 3.8) is 0 Å². The molecule has 1 heterocycles. The number of aromatic hydroxyl groups is 1. The number of hydrogen-bond acceptors (Lipinski definition) is 3. The van der Waals surface area contributed by atoms with Crippen LogP contribution in [0.25, 0.3) is 22.0 Å². The topological polar surface area (TPSA) is 45.2 Å². The van der Waals surface area contributed by atoms with E-state index in [9.17, 15) is 9.50 Å². The van der Waals surface area contributed by atoms with Gasteiger partial charge in [0.25, 0.3) is 0 Å². The van der Waals surface area contributed by atoms with E-state index in [4.69, 9.17) is 11.6 Å². The van der Waals surface area contributed by atoms with E-state index in [1.54, 1.807) is 24.4 Å². The zero-order chi connectivity index (χ0) is 19.5. The predicted octanol–water partition coefficient (Wildman–Crippen LogP) is 5.69. The number of rotatable bonds is 5. The first kappa shape index (κ1) is 18.4. The maximum atomic E-state index is 13.0. The molecule has 0 saturated heterocycles. The molecular formula is C23H18ClFN2O. The lowest BCUT2D eigenvalue weighted by molar-refractivity contribution is 0.464. The fraction of sp³-hybridized carbons (Fsp3) is 0.0870. The zero-order valence-electron chi connectivity index (χ0n) is 15.0. The van der Waals surface area contributed by atoms with Gasteiger partial charge < -0.3 is 10.4 Å². The van der Waals surface area contributed by atoms with E-state index in [-0.39, 0.29) is 11.6 Å². The van der Waals surface area contributed by atoms with E-state index in [1.807, 2.05) is 36.4 Å². The van der Waals surface area contributed by atoms with Crippen LogP contribution in [0, 0.1) is 5.82 Å². The minimum Gasteiger partial charge on any atom is -0.508 e. The summed E-state index contributed by atoms with van der Waals surface area (Å²) in [6.07, 6.45) is 1.76. The SMILES string of the molecule is Oc1ccc(-c2ccnc3cc(Cl)ccc23)cc1CNCc1ccc(F)cc1. The maximum absolute atomic E-state index is 13.0. The van der Waals surface area contributed by atoms with Crippen LogP contribution < -0.4 is 5.32 Å². The first-order valence-corrected chi connectivity index (χ1v) is 9.29. The second kappa shape index (κ2) is 7.97. The van der Waals surface area contributed by atoms with Gasteiger partial charge in [0, 0.05) is 35.3 Å². The van der Waals surface area contributed by atoms with Crippen LogP contribution in [0.5, 0.6) is 5.75 Å². The third-order valence-corrected chi connectivity index (χ3v) is 4.89. The molecule has 2 N–H and O–H groups in total. The monoisotopic (exact) mass is 392 g/mol. The van der Waals surface area contributed by atoms with Crippen molar-refractivity contribution in [3.05, 3.63) is 94.9 Å². The Morgan fingerprint density at radius 3 is 2.57 bits per heavy atom. The lowest BCUT2D eigenvalue weighted by Gasteiger charge is -2.11. The lowest BCUT2D eigenvalue weighted by Crippen LogP contribution is -2.12. The normalized spacial score (nSPS) is 11.1. The molecule has 0 spiro atoms. The van der Waals surface area contributed by atoms with Crippen LogP contribution in [0.2, 0.25) is 5.02 Å². The molecule has 140 valence electrons. The highest BCUT2D eigenvalue weighted by Gasteiger charge is 2.09. The summed E-state index contributed by atoms with van der Waals surface area (Å²) in [6, 6.07) is 19.5. The van der Waals surface area contributed by atoms with Crippen molar-refractivity contribution in [1.29, 1.82) is 0 Å². The van der Waals surface area contributed by atoms with Crippen LogP contribution in [0.15, 0.2) is 72.9 Å². The average Bonchev–Trinajstić information content (AvgIpc) is 2.70. The van der Waals surface area contributed by atoms with Gasteiger partial charge >= 0.3 is 0 Å². The fourth-order valence-electron chi connectivity index (χ4n) is 3.21. The van der Waals surface area contributed by atoms with Gasteiger partial charge in [-0.2, -0.15) is 0 Å². The van der Waals surface area contributed by atoms with Crippen molar-refractivity contribution >= 4 is 22.5 Å². The van der Waals surface area contributed by atoms with E-state index in [0.717, 1.165) is 33.2 Å². The van der Waals surface area contributed by atoms with Crippen molar-refractivity contribution in [2.45, 2.75) is 13.1 Å². The number of nitrogens with zero attached hydrogens (tertiary/aromatic N) is 1. The molecule has 3 nitrogen and oxygen atoms in total. The van der Waals surface area contributed by atoms with Gasteiger partial charge in [-0.3, -0.25) is 4.98 Å². The predicted molar refractivity (Wildman–Crippen MR) is 111 cm³/mol. The minimum atomic E-state index is -0.250. The molecule has 0 saturated carbocycles. The number of benzene rings is 3. The Morgan fingerprint density at radius 2 is 1.75 bits per heavy atom. The van der Waals surface area contributed by atoms with Gasteiger partial charge in [0.15, 0.2) is 0 Å². The number of pyridine rings is 1. The molecule has 28 heavy (non-hydrogen) atoms. The number of aromatic nitrogens is 1. The van der Waals surface area contributed by atoms with Crippen molar-refractivity contribution in [2.75, 3.05) is 0 Å². The molecule has 5 heteroatoms. The molecule has 3 aromatic carbocycles. The standard InChI is InChI=1S/C23H18ClFN2O/c24-18-4-7-21-20(9-10-27-22(21)12-18)16-3-8-23(28)17(11-16)14-26-13-15-1-5-19(25)6-2-15/h1-12,26,28H,13-14H2. The summed E-state index contributed by atoms with van der Waals surface area (Å²) in [5.74, 6) is -0.0169. The summed E-state index contributed by atoms with van der Waals surface area (Å²) in [6.45, 7) is 1.08. The summed E-state index contributed by atoms with van der Waals surface area (Å²) < 4.78 is 13.0. The van der Waals surface area contributed by atoms with E-state index >= 15 is 0 Å². The van der Waals surface area contributed by atoms with Gasteiger partial charge in [-0.1, -0.05) is 35.9 Å². The molecule has 4 rings (SSSR count). The summed E-state index contributed by atoms with van der Waals surface area (Å²) >= 11 is 6.08. The first-order chi connectivity index (χ1) is 13.6. The Kier molecular flexibility index (Phi) is 5.24. The quantitative estimate of drug-likeness (QED) is 0.458. The van der Waals surface area contributed by atoms with Crippen LogP contribution in [-0.4, -0.2) is 10.1 Å². The minimum absolute atomic E-state index is 0.233. The van der Waals surface area contributed by atoms with E-state index in [1.165, 1.54) is 12.1 Å². The summed E-state index contributed by atoms with van der Waals surface area (Å²) in [5.41, 5.74) is 4.62. The van der Waals surface area contributed by atoms with Gasteiger partial charge in [-0.25, -0.2) is 4.39 Å². The first-order valence-electron chi connectivity index (χ1n) is 8.92. The van der Waals surface area contributed by atoms with Crippen LogP contribution >= 0.6 is 11.6 Å². The Morgan fingerprint density at radius 1 is 0.929 bits per heavy atom. The van der Waals surface area contributed by atoms with Gasteiger partial charge in [-0.05, 0) is 59.2 Å². The third-order valence-electron chi connectivity index (χ3n) is 4.65. The lowest BCUT2D eigenvalue weighted by atomic mass is 9.99. The van der Waals surface area contributed by atoms with E-state index < -0.39 is 0 Å². The molecule has 1 aromatic heterocycles. The Hall–Kier alpha value is -2.95. The number of halogens is 2. The molecule has 0 fully saturated rings. The van der Waals surface area contributed by atoms with Gasteiger partial charge in [-0.15, -0.1) is 0 Å². The highest BCUT2D eigenvalue weighted by Crippen LogP contribution is 2.31. The molecule has 0 aliphatic rings. The molecule has 0 aliphatic carbocycles. The molecule has 0 radical (unpaired) electrons. The van der Waals surface area contributed by atoms with Crippen molar-refractivity contribution in [2.24, 2.45) is 0 Å². The summed E-state index contributed by atoms with van der Waals surface area (Å²) in [7, 11) is 0. The molecule has 0 aliphatic heterocycles. The molecule has 0 bridgehead atoms. The Balaban J connectivity index is 1.58. The summed E-state index contributed by atoms with van der Waals surface area (Å²) in [4.78, 5) is 4.38. The number of phenols is 1. The van der Waals surface area contributed by atoms with Crippen LogP contribution in [0.3, 0.4) is 0 Å². The van der Waals surface area contributed by atoms with Crippen LogP contribution in [-0.2, 0) is 13.1 Å². The second-order valence-electron chi connectivity index (χ2n) is 6.59. The van der Waals surface area contributed by atoms with Crippen molar-refractivity contribution in [3.8, 4) is 16.9 Å². The van der Waals surface area contributed by atoms with Gasteiger partial charge in [0.2, 0.25) is 0 Å². The van der Waals surface area contributed by atoms with E-state index in [0.29, 0.717) is 18.1 Å². The number of hydrogen-bond donors (Lipinski definition) is 2. The average molecular weight is 393 g/mol. The van der Waals surface area contributed by atoms with Crippen molar-refractivity contribution in [1.82, 2.24) is 10.3 Å². The maximum Gasteiger partial charge on any atom is 0.123 e. The van der Waals surface area contributed by atoms with Gasteiger partial charge in [0.05, 0.1) is 5.52 Å². The molecule has 0 amide bonds. The zero-order valence-corrected chi connectivity index (χ0v) is 15.7. The number of nitrogens with one attached hydrogen (secondary N) is 1. The number of phenolic OH excluding ortho intramolecular Hbond substituents is 1. The highest BCUT2D eigenvalue weighted by atomic mass is 35.5. The molecule has 0 unspecified atom stereocenters. The largest absolute Gasteiger partial charge is 0.508 e. The highest BCUT2D eigenvalue weighted by molar-refractivity contribution is 6.31. The number of fused-ring (bicyclic) bond motifs is 1. The summed E-state index contributed by atoms with van der Waals surface area (Å²) in [5, 5.41) is 15.2. The molecule has 0 atom stereocenters. The Bertz CT molecular complexity index is 1130. The Labute approximate surface area is 167 Å². The smallest absolute Gasteiger partial charge is 0.123 e. The van der Waals surface area contributed by atoms with E-state index in [2.05, 4.69) is 10.3 Å². The molecular weight excluding hydrogens is 375 g/mol. The van der Waals surface area contributed by atoms with Gasteiger partial charge in [0.1, 0.15) is 11.6 Å².